The van der Waals surface area contributed by atoms with Gasteiger partial charge in [-0.25, -0.2) is 0 Å². The molecule has 0 saturated carbocycles. The van der Waals surface area contributed by atoms with E-state index in [0.29, 0.717) is 18.8 Å². The molecule has 1 saturated heterocycles. The van der Waals surface area contributed by atoms with Crippen LogP contribution in [0.5, 0.6) is 11.5 Å². The zero-order chi connectivity index (χ0) is 19.2. The maximum absolute atomic E-state index is 11.6. The molecule has 1 aliphatic heterocycles. The van der Waals surface area contributed by atoms with Crippen molar-refractivity contribution in [2.75, 3.05) is 20.8 Å². The number of amides is 2. The Kier molecular flexibility index (Phi) is 6.36. The Labute approximate surface area is 162 Å². The molecule has 3 rings (SSSR count). The van der Waals surface area contributed by atoms with Crippen molar-refractivity contribution in [1.29, 1.82) is 0 Å². The van der Waals surface area contributed by atoms with E-state index in [0.717, 1.165) is 28.6 Å². The van der Waals surface area contributed by atoms with E-state index in [2.05, 4.69) is 5.32 Å². The van der Waals surface area contributed by atoms with Crippen LogP contribution in [0.4, 0.5) is 4.79 Å². The first kappa shape index (κ1) is 19.3. The monoisotopic (exact) mass is 387 g/mol. The minimum atomic E-state index is -0.366. The van der Waals surface area contributed by atoms with Crippen LogP contribution in [-0.4, -0.2) is 37.2 Å². The second-order valence-corrected chi connectivity index (χ2v) is 7.22. The van der Waals surface area contributed by atoms with Crippen LogP contribution in [0, 0.1) is 0 Å². The van der Waals surface area contributed by atoms with Gasteiger partial charge >= 0.3 is 0 Å². The molecular weight excluding hydrogens is 366 g/mol. The van der Waals surface area contributed by atoms with Gasteiger partial charge in [0.05, 0.1) is 12.4 Å². The molecule has 142 valence electrons. The first-order valence-corrected chi connectivity index (χ1v) is 9.37. The highest BCUT2D eigenvalue weighted by atomic mass is 32.2. The van der Waals surface area contributed by atoms with E-state index in [9.17, 15) is 9.59 Å². The predicted octanol–water partition coefficient (Wildman–Crippen LogP) is 3.36. The molecule has 6 nitrogen and oxygen atoms in total. The van der Waals surface area contributed by atoms with Crippen molar-refractivity contribution in [3.05, 3.63) is 59.7 Å². The Hall–Kier alpha value is -2.51. The summed E-state index contributed by atoms with van der Waals surface area (Å²) in [6.07, 6.45) is 0.289. The number of hydrogen-bond acceptors (Lipinski definition) is 6. The van der Waals surface area contributed by atoms with Crippen molar-refractivity contribution in [3.63, 3.8) is 0 Å². The lowest BCUT2D eigenvalue weighted by Gasteiger charge is -2.17. The molecule has 2 unspecified atom stereocenters. The topological polar surface area (TPSA) is 73.9 Å². The summed E-state index contributed by atoms with van der Waals surface area (Å²) in [6, 6.07) is 15.2. The van der Waals surface area contributed by atoms with E-state index >= 15 is 0 Å². The molecule has 0 aliphatic carbocycles. The second kappa shape index (κ2) is 8.92. The average molecular weight is 387 g/mol. The van der Waals surface area contributed by atoms with Gasteiger partial charge in [0.15, 0.2) is 0 Å². The number of imide groups is 1. The lowest BCUT2D eigenvalue weighted by atomic mass is 10.1. The third-order valence-corrected chi connectivity index (χ3v) is 5.24. The number of benzene rings is 2. The molecule has 27 heavy (non-hydrogen) atoms. The van der Waals surface area contributed by atoms with Gasteiger partial charge in [-0.15, -0.1) is 0 Å². The minimum Gasteiger partial charge on any atom is -0.497 e. The van der Waals surface area contributed by atoms with Crippen LogP contribution in [0.3, 0.4) is 0 Å². The molecule has 2 aromatic rings. The zero-order valence-corrected chi connectivity index (χ0v) is 16.0. The number of nitrogens with one attached hydrogen (secondary N) is 1. The quantitative estimate of drug-likeness (QED) is 0.749. The highest BCUT2D eigenvalue weighted by Crippen LogP contribution is 2.25. The van der Waals surface area contributed by atoms with E-state index in [1.165, 1.54) is 0 Å². The molecular formula is C20H21NO5S. The molecule has 2 atom stereocenters. The van der Waals surface area contributed by atoms with E-state index in [1.54, 1.807) is 14.2 Å². The summed E-state index contributed by atoms with van der Waals surface area (Å²) in [6.45, 7) is 0.360. The maximum atomic E-state index is 11.6. The number of carbonyl (C=O) groups excluding carboxylic acids is 2. The fourth-order valence-corrected chi connectivity index (χ4v) is 3.64. The molecule has 1 fully saturated rings. The lowest BCUT2D eigenvalue weighted by Crippen LogP contribution is -2.25. The van der Waals surface area contributed by atoms with Crippen molar-refractivity contribution >= 4 is 22.9 Å². The van der Waals surface area contributed by atoms with Gasteiger partial charge in [-0.1, -0.05) is 36.0 Å². The number of thioether (sulfide) groups is 1. The highest BCUT2D eigenvalue weighted by Gasteiger charge is 2.31. The third-order valence-electron chi connectivity index (χ3n) is 4.26. The molecule has 0 aromatic heterocycles. The number of ether oxygens (including phenoxy) is 3. The van der Waals surface area contributed by atoms with E-state index < -0.39 is 0 Å². The zero-order valence-electron chi connectivity index (χ0n) is 15.1. The molecule has 1 N–H and O–H groups in total. The Bertz CT molecular complexity index is 808. The van der Waals surface area contributed by atoms with Crippen LogP contribution >= 0.6 is 11.8 Å². The highest BCUT2D eigenvalue weighted by molar-refractivity contribution is 8.15. The van der Waals surface area contributed by atoms with Gasteiger partial charge in [-0.2, -0.15) is 0 Å². The number of methoxy groups -OCH3 is 2. The Morgan fingerprint density at radius 3 is 2.48 bits per heavy atom. The summed E-state index contributed by atoms with van der Waals surface area (Å²) in [5, 5.41) is 1.65. The summed E-state index contributed by atoms with van der Waals surface area (Å²) in [4.78, 5) is 22.9. The van der Waals surface area contributed by atoms with Crippen LogP contribution in [0.2, 0.25) is 0 Å². The largest absolute Gasteiger partial charge is 0.497 e. The summed E-state index contributed by atoms with van der Waals surface area (Å²) in [7, 11) is 3.27. The van der Waals surface area contributed by atoms with Crippen LogP contribution < -0.4 is 14.8 Å². The van der Waals surface area contributed by atoms with Crippen molar-refractivity contribution < 1.29 is 23.8 Å². The number of rotatable bonds is 8. The minimum absolute atomic E-state index is 0.218. The number of hydrogen-bond donors (Lipinski definition) is 1. The van der Waals surface area contributed by atoms with Crippen LogP contribution in [0.25, 0.3) is 0 Å². The van der Waals surface area contributed by atoms with Gasteiger partial charge in [0.2, 0.25) is 5.91 Å². The normalized spacial score (nSPS) is 17.5. The van der Waals surface area contributed by atoms with Crippen LogP contribution in [0.1, 0.15) is 17.2 Å². The van der Waals surface area contributed by atoms with Crippen molar-refractivity contribution in [2.45, 2.75) is 17.8 Å². The number of carbonyl (C=O) groups is 2. The molecule has 1 aliphatic rings. The van der Waals surface area contributed by atoms with Crippen molar-refractivity contribution in [1.82, 2.24) is 5.32 Å². The van der Waals surface area contributed by atoms with Crippen molar-refractivity contribution in [3.8, 4) is 11.5 Å². The Morgan fingerprint density at radius 2 is 1.85 bits per heavy atom. The lowest BCUT2D eigenvalue weighted by molar-refractivity contribution is -0.118. The molecule has 0 radical (unpaired) electrons. The van der Waals surface area contributed by atoms with Gasteiger partial charge in [-0.3, -0.25) is 14.9 Å². The van der Waals surface area contributed by atoms with Crippen LogP contribution in [-0.2, 0) is 16.0 Å². The van der Waals surface area contributed by atoms with Crippen molar-refractivity contribution in [2.24, 2.45) is 0 Å². The first-order chi connectivity index (χ1) is 13.1. The molecule has 2 aromatic carbocycles. The Morgan fingerprint density at radius 1 is 1.07 bits per heavy atom. The standard InChI is InChI=1S/C20H21NO5S/c1-24-16-5-3-4-14(11-16)17(25-2)12-26-15-8-6-13(7-9-15)10-18-19(22)21-20(23)27-18/h3-9,11,17-18H,10,12H2,1-2H3,(H,21,22,23). The fourth-order valence-electron chi connectivity index (χ4n) is 2.78. The van der Waals surface area contributed by atoms with Gasteiger partial charge in [0.1, 0.15) is 24.2 Å². The average Bonchev–Trinajstić information content (AvgIpc) is 3.00. The summed E-state index contributed by atoms with van der Waals surface area (Å²) < 4.78 is 16.6. The molecule has 0 spiro atoms. The first-order valence-electron chi connectivity index (χ1n) is 8.49. The van der Waals surface area contributed by atoms with E-state index in [1.807, 2.05) is 48.5 Å². The summed E-state index contributed by atoms with van der Waals surface area (Å²) in [5.41, 5.74) is 1.95. The molecule has 7 heteroatoms. The summed E-state index contributed by atoms with van der Waals surface area (Å²) >= 11 is 1.03. The smallest absolute Gasteiger partial charge is 0.286 e. The predicted molar refractivity (Wildman–Crippen MR) is 103 cm³/mol. The molecule has 0 bridgehead atoms. The third kappa shape index (κ3) is 5.02. The Balaban J connectivity index is 1.57. The van der Waals surface area contributed by atoms with E-state index in [4.69, 9.17) is 14.2 Å². The van der Waals surface area contributed by atoms with Gasteiger partial charge in [0.25, 0.3) is 5.24 Å². The van der Waals surface area contributed by atoms with E-state index in [-0.39, 0.29) is 22.5 Å². The van der Waals surface area contributed by atoms with Crippen LogP contribution in [0.15, 0.2) is 48.5 Å². The second-order valence-electron chi connectivity index (χ2n) is 6.04. The SMILES string of the molecule is COc1cccc(C(COc2ccc(CC3SC(=O)NC3=O)cc2)OC)c1. The van der Waals surface area contributed by atoms with Gasteiger partial charge < -0.3 is 14.2 Å². The molecule has 2 amide bonds. The fraction of sp³-hybridized carbons (Fsp3) is 0.300. The van der Waals surface area contributed by atoms with Gasteiger partial charge in [-0.05, 0) is 41.8 Å². The maximum Gasteiger partial charge on any atom is 0.286 e. The summed E-state index contributed by atoms with van der Waals surface area (Å²) in [5.74, 6) is 1.25. The molecule has 1 heterocycles. The van der Waals surface area contributed by atoms with Gasteiger partial charge in [0, 0.05) is 7.11 Å².